The number of alkyl halides is 2. The standard InChI is InChI=1S/C11H14BrF2N/c1-7(4-5-15)10-6-8(12)2-3-9(10)11(13)14/h2-3,6-7,11H,4-5,15H2,1H3. The molecule has 0 bridgehead atoms. The summed E-state index contributed by atoms with van der Waals surface area (Å²) in [6, 6.07) is 4.86. The highest BCUT2D eigenvalue weighted by molar-refractivity contribution is 9.10. The fourth-order valence-electron chi connectivity index (χ4n) is 1.58. The van der Waals surface area contributed by atoms with Gasteiger partial charge in [0.05, 0.1) is 0 Å². The second kappa shape index (κ2) is 5.56. The van der Waals surface area contributed by atoms with Gasteiger partial charge in [-0.3, -0.25) is 0 Å². The Balaban J connectivity index is 3.06. The van der Waals surface area contributed by atoms with E-state index in [9.17, 15) is 8.78 Å². The van der Waals surface area contributed by atoms with Crippen molar-refractivity contribution in [2.24, 2.45) is 5.73 Å². The summed E-state index contributed by atoms with van der Waals surface area (Å²) < 4.78 is 26.3. The first-order chi connectivity index (χ1) is 7.06. The van der Waals surface area contributed by atoms with E-state index in [1.54, 1.807) is 12.1 Å². The summed E-state index contributed by atoms with van der Waals surface area (Å²) in [6.45, 7) is 2.43. The molecule has 84 valence electrons. The molecule has 0 aromatic heterocycles. The van der Waals surface area contributed by atoms with E-state index < -0.39 is 6.43 Å². The maximum atomic E-state index is 12.7. The molecule has 15 heavy (non-hydrogen) atoms. The summed E-state index contributed by atoms with van der Waals surface area (Å²) in [4.78, 5) is 0. The minimum atomic E-state index is -2.42. The molecular formula is C11H14BrF2N. The van der Waals surface area contributed by atoms with E-state index in [0.29, 0.717) is 12.1 Å². The summed E-state index contributed by atoms with van der Waals surface area (Å²) in [6.07, 6.45) is -1.70. The van der Waals surface area contributed by atoms with Gasteiger partial charge in [-0.05, 0) is 36.6 Å². The van der Waals surface area contributed by atoms with Crippen LogP contribution < -0.4 is 5.73 Å². The van der Waals surface area contributed by atoms with Gasteiger partial charge >= 0.3 is 0 Å². The molecule has 0 amide bonds. The SMILES string of the molecule is CC(CCN)c1cc(Br)ccc1C(F)F. The molecule has 0 saturated carbocycles. The predicted molar refractivity (Wildman–Crippen MR) is 61.2 cm³/mol. The summed E-state index contributed by atoms with van der Waals surface area (Å²) >= 11 is 3.29. The van der Waals surface area contributed by atoms with E-state index >= 15 is 0 Å². The first-order valence-corrected chi connectivity index (χ1v) is 5.63. The van der Waals surface area contributed by atoms with Crippen LogP contribution in [0.3, 0.4) is 0 Å². The highest BCUT2D eigenvalue weighted by atomic mass is 79.9. The summed E-state index contributed by atoms with van der Waals surface area (Å²) in [5.74, 6) is 0.0662. The highest BCUT2D eigenvalue weighted by Crippen LogP contribution is 2.32. The van der Waals surface area contributed by atoms with Crippen LogP contribution in [-0.4, -0.2) is 6.54 Å². The van der Waals surface area contributed by atoms with Crippen LogP contribution in [0.2, 0.25) is 0 Å². The molecule has 0 spiro atoms. The molecule has 1 aromatic carbocycles. The molecule has 2 N–H and O–H groups in total. The Labute approximate surface area is 96.8 Å². The van der Waals surface area contributed by atoms with E-state index in [0.717, 1.165) is 10.9 Å². The molecule has 0 fully saturated rings. The van der Waals surface area contributed by atoms with Gasteiger partial charge in [-0.1, -0.05) is 28.9 Å². The van der Waals surface area contributed by atoms with Crippen molar-refractivity contribution in [3.8, 4) is 0 Å². The van der Waals surface area contributed by atoms with E-state index in [-0.39, 0.29) is 11.5 Å². The summed E-state index contributed by atoms with van der Waals surface area (Å²) in [7, 11) is 0. The van der Waals surface area contributed by atoms with Gasteiger partial charge in [0, 0.05) is 10.0 Å². The zero-order chi connectivity index (χ0) is 11.4. The topological polar surface area (TPSA) is 26.0 Å². The van der Waals surface area contributed by atoms with Gasteiger partial charge in [0.2, 0.25) is 0 Å². The molecule has 0 radical (unpaired) electrons. The van der Waals surface area contributed by atoms with Crippen molar-refractivity contribution in [3.63, 3.8) is 0 Å². The van der Waals surface area contributed by atoms with Gasteiger partial charge in [0.15, 0.2) is 0 Å². The largest absolute Gasteiger partial charge is 0.330 e. The number of rotatable bonds is 4. The Bertz CT molecular complexity index is 328. The molecule has 0 aliphatic heterocycles. The molecule has 4 heteroatoms. The molecule has 0 heterocycles. The fourth-order valence-corrected chi connectivity index (χ4v) is 1.96. The Morgan fingerprint density at radius 2 is 2.00 bits per heavy atom. The van der Waals surface area contributed by atoms with Crippen molar-refractivity contribution in [1.82, 2.24) is 0 Å². The molecule has 0 saturated heterocycles. The molecular weight excluding hydrogens is 264 g/mol. The second-order valence-electron chi connectivity index (χ2n) is 3.55. The molecule has 1 unspecified atom stereocenters. The Morgan fingerprint density at radius 3 is 2.53 bits per heavy atom. The minimum absolute atomic E-state index is 0.0662. The lowest BCUT2D eigenvalue weighted by atomic mass is 9.93. The van der Waals surface area contributed by atoms with Crippen LogP contribution in [0, 0.1) is 0 Å². The quantitative estimate of drug-likeness (QED) is 0.889. The van der Waals surface area contributed by atoms with E-state index in [2.05, 4.69) is 15.9 Å². The van der Waals surface area contributed by atoms with Crippen LogP contribution in [0.1, 0.15) is 36.8 Å². The molecule has 0 aliphatic rings. The van der Waals surface area contributed by atoms with Crippen molar-refractivity contribution in [2.75, 3.05) is 6.54 Å². The van der Waals surface area contributed by atoms with Crippen molar-refractivity contribution in [1.29, 1.82) is 0 Å². The van der Waals surface area contributed by atoms with E-state index in [4.69, 9.17) is 5.73 Å². The Hall–Kier alpha value is -0.480. The van der Waals surface area contributed by atoms with Gasteiger partial charge in [-0.15, -0.1) is 0 Å². The maximum Gasteiger partial charge on any atom is 0.264 e. The zero-order valence-electron chi connectivity index (χ0n) is 8.51. The van der Waals surface area contributed by atoms with Gasteiger partial charge in [0.25, 0.3) is 6.43 Å². The monoisotopic (exact) mass is 277 g/mol. The summed E-state index contributed by atoms with van der Waals surface area (Å²) in [5.41, 5.74) is 6.23. The normalized spacial score (nSPS) is 13.2. The second-order valence-corrected chi connectivity index (χ2v) is 4.47. The number of halogens is 3. The van der Waals surface area contributed by atoms with Crippen LogP contribution in [0.4, 0.5) is 8.78 Å². The minimum Gasteiger partial charge on any atom is -0.330 e. The molecule has 1 rings (SSSR count). The molecule has 1 aromatic rings. The summed E-state index contributed by atoms with van der Waals surface area (Å²) in [5, 5.41) is 0. The number of hydrogen-bond donors (Lipinski definition) is 1. The average molecular weight is 278 g/mol. The van der Waals surface area contributed by atoms with Crippen LogP contribution >= 0.6 is 15.9 Å². The molecule has 1 nitrogen and oxygen atoms in total. The fraction of sp³-hybridized carbons (Fsp3) is 0.455. The number of benzene rings is 1. The smallest absolute Gasteiger partial charge is 0.264 e. The third-order valence-electron chi connectivity index (χ3n) is 2.41. The molecule has 0 aliphatic carbocycles. The Kier molecular flexibility index (Phi) is 4.67. The van der Waals surface area contributed by atoms with Crippen molar-refractivity contribution in [2.45, 2.75) is 25.7 Å². The van der Waals surface area contributed by atoms with E-state index in [1.165, 1.54) is 6.07 Å². The van der Waals surface area contributed by atoms with Gasteiger partial charge in [0.1, 0.15) is 0 Å². The van der Waals surface area contributed by atoms with Crippen LogP contribution in [0.15, 0.2) is 22.7 Å². The first kappa shape index (κ1) is 12.6. The molecule has 1 atom stereocenters. The van der Waals surface area contributed by atoms with Gasteiger partial charge < -0.3 is 5.73 Å². The predicted octanol–water partition coefficient (Wildman–Crippen LogP) is 3.84. The van der Waals surface area contributed by atoms with Crippen LogP contribution in [-0.2, 0) is 0 Å². The number of hydrogen-bond acceptors (Lipinski definition) is 1. The van der Waals surface area contributed by atoms with Gasteiger partial charge in [-0.2, -0.15) is 0 Å². The van der Waals surface area contributed by atoms with E-state index in [1.807, 2.05) is 6.92 Å². The van der Waals surface area contributed by atoms with Crippen molar-refractivity contribution >= 4 is 15.9 Å². The van der Waals surface area contributed by atoms with Crippen LogP contribution in [0.25, 0.3) is 0 Å². The average Bonchev–Trinajstić information content (AvgIpc) is 2.17. The Morgan fingerprint density at radius 1 is 1.33 bits per heavy atom. The lowest BCUT2D eigenvalue weighted by Gasteiger charge is -2.15. The van der Waals surface area contributed by atoms with Crippen molar-refractivity contribution in [3.05, 3.63) is 33.8 Å². The first-order valence-electron chi connectivity index (χ1n) is 4.83. The van der Waals surface area contributed by atoms with Gasteiger partial charge in [-0.25, -0.2) is 8.78 Å². The third-order valence-corrected chi connectivity index (χ3v) is 2.91. The van der Waals surface area contributed by atoms with Crippen molar-refractivity contribution < 1.29 is 8.78 Å². The highest BCUT2D eigenvalue weighted by Gasteiger charge is 2.17. The lowest BCUT2D eigenvalue weighted by molar-refractivity contribution is 0.149. The third kappa shape index (κ3) is 3.24. The van der Waals surface area contributed by atoms with Crippen LogP contribution in [0.5, 0.6) is 0 Å². The lowest BCUT2D eigenvalue weighted by Crippen LogP contribution is -2.07. The maximum absolute atomic E-state index is 12.7. The number of nitrogens with two attached hydrogens (primary N) is 1. The zero-order valence-corrected chi connectivity index (χ0v) is 10.1.